The number of nitrogens with one attached hydrogen (secondary N) is 2. The minimum Gasteiger partial charge on any atom is -0.355 e. The lowest BCUT2D eigenvalue weighted by Crippen LogP contribution is -2.28. The van der Waals surface area contributed by atoms with Gasteiger partial charge in [0, 0.05) is 29.7 Å². The molecule has 0 saturated heterocycles. The third-order valence-electron chi connectivity index (χ3n) is 2.57. The smallest absolute Gasteiger partial charge is 0.220 e. The highest BCUT2D eigenvalue weighted by Crippen LogP contribution is 2.15. The molecule has 106 valence electrons. The average molecular weight is 280 g/mol. The lowest BCUT2D eigenvalue weighted by atomic mass is 10.3. The van der Waals surface area contributed by atoms with Crippen LogP contribution in [0.5, 0.6) is 0 Å². The Balaban J connectivity index is 1.98. The van der Waals surface area contributed by atoms with E-state index in [9.17, 15) is 4.79 Å². The fraction of sp³-hybridized carbons (Fsp3) is 0.533. The fourth-order valence-electron chi connectivity index (χ4n) is 1.60. The molecule has 0 fully saturated rings. The van der Waals surface area contributed by atoms with Gasteiger partial charge in [0.25, 0.3) is 0 Å². The summed E-state index contributed by atoms with van der Waals surface area (Å²) in [6.07, 6.45) is 1.51. The molecule has 1 aromatic carbocycles. The van der Waals surface area contributed by atoms with Crippen molar-refractivity contribution in [3.05, 3.63) is 30.3 Å². The van der Waals surface area contributed by atoms with Gasteiger partial charge in [0.1, 0.15) is 0 Å². The molecule has 1 aromatic rings. The normalized spacial score (nSPS) is 10.7. The minimum atomic E-state index is 0.152. The highest BCUT2D eigenvalue weighted by molar-refractivity contribution is 7.99. The van der Waals surface area contributed by atoms with E-state index in [2.05, 4.69) is 36.6 Å². The summed E-state index contributed by atoms with van der Waals surface area (Å²) < 4.78 is 0. The summed E-state index contributed by atoms with van der Waals surface area (Å²) >= 11 is 1.77. The first-order chi connectivity index (χ1) is 9.18. The molecule has 1 rings (SSSR count). The Hall–Kier alpha value is -1.00. The van der Waals surface area contributed by atoms with Crippen LogP contribution in [0.15, 0.2) is 35.2 Å². The molecule has 0 saturated carbocycles. The maximum absolute atomic E-state index is 11.6. The molecule has 0 spiro atoms. The Kier molecular flexibility index (Phi) is 8.34. The highest BCUT2D eigenvalue weighted by atomic mass is 32.2. The van der Waals surface area contributed by atoms with Crippen LogP contribution in [0.2, 0.25) is 0 Å². The number of hydrogen-bond acceptors (Lipinski definition) is 3. The van der Waals surface area contributed by atoms with Gasteiger partial charge in [-0.3, -0.25) is 4.79 Å². The summed E-state index contributed by atoms with van der Waals surface area (Å²) in [6.45, 7) is 5.86. The van der Waals surface area contributed by atoms with E-state index >= 15 is 0 Å². The van der Waals surface area contributed by atoms with Gasteiger partial charge in [0.2, 0.25) is 5.91 Å². The Morgan fingerprint density at radius 2 is 1.95 bits per heavy atom. The Labute approximate surface area is 120 Å². The monoisotopic (exact) mass is 280 g/mol. The second kappa shape index (κ2) is 9.87. The molecule has 19 heavy (non-hydrogen) atoms. The van der Waals surface area contributed by atoms with Gasteiger partial charge >= 0.3 is 0 Å². The summed E-state index contributed by atoms with van der Waals surface area (Å²) in [6, 6.07) is 10.7. The van der Waals surface area contributed by atoms with Crippen molar-refractivity contribution in [1.29, 1.82) is 0 Å². The number of thioether (sulfide) groups is 1. The number of carbonyl (C=O) groups excluding carboxylic acids is 1. The molecule has 0 aliphatic carbocycles. The molecule has 0 bridgehead atoms. The topological polar surface area (TPSA) is 41.1 Å². The number of rotatable bonds is 9. The van der Waals surface area contributed by atoms with E-state index in [0.717, 1.165) is 25.3 Å². The van der Waals surface area contributed by atoms with E-state index in [1.807, 2.05) is 18.2 Å². The molecular formula is C15H24N2OS. The van der Waals surface area contributed by atoms with E-state index in [-0.39, 0.29) is 5.91 Å². The number of benzene rings is 1. The van der Waals surface area contributed by atoms with Crippen LogP contribution in [0.1, 0.15) is 26.7 Å². The van der Waals surface area contributed by atoms with Gasteiger partial charge in [-0.2, -0.15) is 0 Å². The van der Waals surface area contributed by atoms with Crippen molar-refractivity contribution in [3.8, 4) is 0 Å². The summed E-state index contributed by atoms with van der Waals surface area (Å²) in [5, 5.41) is 6.26. The van der Waals surface area contributed by atoms with Crippen LogP contribution in [0, 0.1) is 0 Å². The van der Waals surface area contributed by atoms with Gasteiger partial charge in [-0.05, 0) is 25.1 Å². The third-order valence-corrected chi connectivity index (χ3v) is 3.58. The molecule has 0 aliphatic heterocycles. The van der Waals surface area contributed by atoms with Crippen molar-refractivity contribution in [2.24, 2.45) is 0 Å². The van der Waals surface area contributed by atoms with Crippen LogP contribution >= 0.6 is 11.8 Å². The zero-order chi connectivity index (χ0) is 13.9. The predicted molar refractivity (Wildman–Crippen MR) is 82.5 cm³/mol. The largest absolute Gasteiger partial charge is 0.355 e. The first-order valence-electron chi connectivity index (χ1n) is 6.86. The van der Waals surface area contributed by atoms with Crippen LogP contribution in [-0.2, 0) is 4.79 Å². The standard InChI is InChI=1S/C15H24N2OS/c1-13(2)16-10-6-9-15(18)17-11-12-19-14-7-4-3-5-8-14/h3-5,7-8,13,16H,6,9-12H2,1-2H3,(H,17,18). The van der Waals surface area contributed by atoms with Crippen molar-refractivity contribution in [2.45, 2.75) is 37.6 Å². The van der Waals surface area contributed by atoms with Gasteiger partial charge in [-0.15, -0.1) is 11.8 Å². The second-order valence-electron chi connectivity index (χ2n) is 4.72. The maximum atomic E-state index is 11.6. The van der Waals surface area contributed by atoms with Gasteiger partial charge in [0.05, 0.1) is 0 Å². The van der Waals surface area contributed by atoms with Crippen LogP contribution < -0.4 is 10.6 Å². The molecule has 0 aliphatic rings. The predicted octanol–water partition coefficient (Wildman–Crippen LogP) is 2.67. The first kappa shape index (κ1) is 16.1. The number of hydrogen-bond donors (Lipinski definition) is 2. The van der Waals surface area contributed by atoms with Gasteiger partial charge in [-0.25, -0.2) is 0 Å². The zero-order valence-corrected chi connectivity index (χ0v) is 12.6. The summed E-state index contributed by atoms with van der Waals surface area (Å²) in [5.41, 5.74) is 0. The lowest BCUT2D eigenvalue weighted by Gasteiger charge is -2.08. The maximum Gasteiger partial charge on any atom is 0.220 e. The van der Waals surface area contributed by atoms with Crippen molar-refractivity contribution >= 4 is 17.7 Å². The van der Waals surface area contributed by atoms with Crippen molar-refractivity contribution < 1.29 is 4.79 Å². The van der Waals surface area contributed by atoms with E-state index in [1.54, 1.807) is 11.8 Å². The van der Waals surface area contributed by atoms with E-state index in [1.165, 1.54) is 4.90 Å². The molecule has 3 nitrogen and oxygen atoms in total. The lowest BCUT2D eigenvalue weighted by molar-refractivity contribution is -0.121. The van der Waals surface area contributed by atoms with Gasteiger partial charge < -0.3 is 10.6 Å². The van der Waals surface area contributed by atoms with Crippen molar-refractivity contribution in [3.63, 3.8) is 0 Å². The van der Waals surface area contributed by atoms with Gasteiger partial charge in [-0.1, -0.05) is 32.0 Å². The van der Waals surface area contributed by atoms with Crippen molar-refractivity contribution in [2.75, 3.05) is 18.8 Å². The molecule has 0 unspecified atom stereocenters. The van der Waals surface area contributed by atoms with Crippen LogP contribution in [0.25, 0.3) is 0 Å². The third kappa shape index (κ3) is 8.67. The Bertz CT molecular complexity index is 354. The van der Waals surface area contributed by atoms with E-state index in [4.69, 9.17) is 0 Å². The van der Waals surface area contributed by atoms with Crippen LogP contribution in [-0.4, -0.2) is 30.8 Å². The molecule has 1 amide bonds. The molecule has 0 atom stereocenters. The molecule has 0 heterocycles. The number of amides is 1. The fourth-order valence-corrected chi connectivity index (χ4v) is 2.39. The highest BCUT2D eigenvalue weighted by Gasteiger charge is 2.01. The second-order valence-corrected chi connectivity index (χ2v) is 5.89. The summed E-state index contributed by atoms with van der Waals surface area (Å²) in [5.74, 6) is 1.07. The molecule has 2 N–H and O–H groups in total. The molecule has 4 heteroatoms. The zero-order valence-electron chi connectivity index (χ0n) is 11.8. The van der Waals surface area contributed by atoms with E-state index < -0.39 is 0 Å². The summed E-state index contributed by atoms with van der Waals surface area (Å²) in [7, 11) is 0. The average Bonchev–Trinajstić information content (AvgIpc) is 2.41. The summed E-state index contributed by atoms with van der Waals surface area (Å²) in [4.78, 5) is 12.8. The molecule has 0 aromatic heterocycles. The first-order valence-corrected chi connectivity index (χ1v) is 7.85. The number of carbonyl (C=O) groups is 1. The minimum absolute atomic E-state index is 0.152. The van der Waals surface area contributed by atoms with E-state index in [0.29, 0.717) is 12.5 Å². The SMILES string of the molecule is CC(C)NCCCC(=O)NCCSc1ccccc1. The van der Waals surface area contributed by atoms with Crippen molar-refractivity contribution in [1.82, 2.24) is 10.6 Å². The Morgan fingerprint density at radius 3 is 2.63 bits per heavy atom. The Morgan fingerprint density at radius 1 is 1.21 bits per heavy atom. The van der Waals surface area contributed by atoms with Crippen LogP contribution in [0.3, 0.4) is 0 Å². The van der Waals surface area contributed by atoms with Gasteiger partial charge in [0.15, 0.2) is 0 Å². The molecule has 0 radical (unpaired) electrons. The molecular weight excluding hydrogens is 256 g/mol. The van der Waals surface area contributed by atoms with Crippen LogP contribution in [0.4, 0.5) is 0 Å². The quantitative estimate of drug-likeness (QED) is 0.540.